The maximum Gasteiger partial charge on any atom is 0.286 e. The number of benzene rings is 1. The number of piperazine rings is 1. The van der Waals surface area contributed by atoms with Gasteiger partial charge in [0.25, 0.3) is 5.56 Å². The van der Waals surface area contributed by atoms with E-state index in [1.165, 1.54) is 10.7 Å². The molecule has 2 aromatic rings. The molecule has 1 aromatic heterocycles. The number of halogens is 1. The number of nitrogens with zero attached hydrogens (tertiary/aromatic N) is 6. The van der Waals surface area contributed by atoms with Crippen LogP contribution in [0.2, 0.25) is 0 Å². The lowest BCUT2D eigenvalue weighted by Gasteiger charge is -2.36. The van der Waals surface area contributed by atoms with Crippen LogP contribution in [-0.4, -0.2) is 40.9 Å². The van der Waals surface area contributed by atoms with Gasteiger partial charge in [0.1, 0.15) is 29.1 Å². The van der Waals surface area contributed by atoms with Crippen molar-refractivity contribution in [3.63, 3.8) is 0 Å². The van der Waals surface area contributed by atoms with Gasteiger partial charge in [0.2, 0.25) is 0 Å². The molecule has 138 valence electrons. The van der Waals surface area contributed by atoms with Gasteiger partial charge >= 0.3 is 0 Å². The normalized spacial score (nSPS) is 14.6. The van der Waals surface area contributed by atoms with Crippen LogP contribution in [0.15, 0.2) is 23.0 Å². The lowest BCUT2D eigenvalue weighted by atomic mass is 10.1. The summed E-state index contributed by atoms with van der Waals surface area (Å²) in [5.41, 5.74) is 1.64. The predicted octanol–water partition coefficient (Wildman–Crippen LogP) is 1.52. The number of aromatic nitrogens is 2. The minimum Gasteiger partial charge on any atom is -0.368 e. The smallest absolute Gasteiger partial charge is 0.286 e. The van der Waals surface area contributed by atoms with Crippen molar-refractivity contribution >= 4 is 5.69 Å². The SMILES string of the molecule is Cc1nn(CN2CCN(c3cccc(F)c3C#N)CC2)c(=O)c(C#N)c1C. The van der Waals surface area contributed by atoms with Crippen molar-refractivity contribution < 1.29 is 4.39 Å². The van der Waals surface area contributed by atoms with Gasteiger partial charge in [-0.1, -0.05) is 6.07 Å². The van der Waals surface area contributed by atoms with Crippen LogP contribution in [0, 0.1) is 42.3 Å². The highest BCUT2D eigenvalue weighted by molar-refractivity contribution is 5.60. The van der Waals surface area contributed by atoms with Crippen LogP contribution >= 0.6 is 0 Å². The zero-order valence-electron chi connectivity index (χ0n) is 15.2. The van der Waals surface area contributed by atoms with E-state index in [1.807, 2.05) is 21.9 Å². The zero-order valence-corrected chi connectivity index (χ0v) is 15.2. The lowest BCUT2D eigenvalue weighted by molar-refractivity contribution is 0.190. The third-order valence-corrected chi connectivity index (χ3v) is 4.90. The van der Waals surface area contributed by atoms with Crippen molar-refractivity contribution in [2.45, 2.75) is 20.5 Å². The Hall–Kier alpha value is -3.23. The van der Waals surface area contributed by atoms with Gasteiger partial charge in [0.15, 0.2) is 0 Å². The van der Waals surface area contributed by atoms with Gasteiger partial charge in [-0.15, -0.1) is 0 Å². The van der Waals surface area contributed by atoms with Crippen LogP contribution in [0.1, 0.15) is 22.4 Å². The molecule has 1 saturated heterocycles. The van der Waals surface area contributed by atoms with Gasteiger partial charge in [-0.25, -0.2) is 9.07 Å². The molecule has 0 aliphatic carbocycles. The first-order valence-electron chi connectivity index (χ1n) is 8.60. The fraction of sp³-hybridized carbons (Fsp3) is 0.368. The van der Waals surface area contributed by atoms with Gasteiger partial charge in [0.05, 0.1) is 18.1 Å². The first-order chi connectivity index (χ1) is 13.0. The first-order valence-corrected chi connectivity index (χ1v) is 8.60. The maximum atomic E-state index is 13.8. The molecule has 7 nitrogen and oxygen atoms in total. The molecule has 0 unspecified atom stereocenters. The Bertz CT molecular complexity index is 1010. The number of nitriles is 2. The minimum absolute atomic E-state index is 0.0525. The van der Waals surface area contributed by atoms with E-state index in [0.29, 0.717) is 43.1 Å². The Morgan fingerprint density at radius 1 is 1.11 bits per heavy atom. The molecule has 2 heterocycles. The lowest BCUT2D eigenvalue weighted by Crippen LogP contribution is -2.48. The average molecular weight is 366 g/mol. The third-order valence-electron chi connectivity index (χ3n) is 4.90. The fourth-order valence-electron chi connectivity index (χ4n) is 3.21. The Kier molecular flexibility index (Phi) is 5.20. The van der Waals surface area contributed by atoms with Crippen molar-refractivity contribution in [1.82, 2.24) is 14.7 Å². The summed E-state index contributed by atoms with van der Waals surface area (Å²) in [7, 11) is 0. The van der Waals surface area contributed by atoms with E-state index in [1.54, 1.807) is 26.0 Å². The van der Waals surface area contributed by atoms with E-state index in [-0.39, 0.29) is 23.4 Å². The molecule has 0 N–H and O–H groups in total. The molecule has 3 rings (SSSR count). The summed E-state index contributed by atoms with van der Waals surface area (Å²) in [5, 5.41) is 22.7. The second-order valence-corrected chi connectivity index (χ2v) is 6.49. The number of hydrogen-bond donors (Lipinski definition) is 0. The molecule has 0 spiro atoms. The summed E-state index contributed by atoms with van der Waals surface area (Å²) in [6.45, 7) is 6.24. The molecular formula is C19H19FN6O. The Balaban J connectivity index is 1.74. The van der Waals surface area contributed by atoms with Crippen molar-refractivity contribution in [2.75, 3.05) is 31.1 Å². The second kappa shape index (κ2) is 7.56. The summed E-state index contributed by atoms with van der Waals surface area (Å²) in [6, 6.07) is 8.51. The van der Waals surface area contributed by atoms with Crippen LogP contribution in [0.3, 0.4) is 0 Å². The summed E-state index contributed by atoms with van der Waals surface area (Å²) < 4.78 is 15.1. The molecule has 0 radical (unpaired) electrons. The molecule has 1 aromatic carbocycles. The molecule has 0 bridgehead atoms. The topological polar surface area (TPSA) is 88.9 Å². The van der Waals surface area contributed by atoms with E-state index in [4.69, 9.17) is 0 Å². The largest absolute Gasteiger partial charge is 0.368 e. The molecular weight excluding hydrogens is 347 g/mol. The van der Waals surface area contributed by atoms with Crippen LogP contribution in [-0.2, 0) is 6.67 Å². The Morgan fingerprint density at radius 3 is 2.41 bits per heavy atom. The van der Waals surface area contributed by atoms with Crippen LogP contribution in [0.4, 0.5) is 10.1 Å². The molecule has 1 aliphatic heterocycles. The third kappa shape index (κ3) is 3.53. The first kappa shape index (κ1) is 18.6. The highest BCUT2D eigenvalue weighted by Crippen LogP contribution is 2.23. The monoisotopic (exact) mass is 366 g/mol. The summed E-state index contributed by atoms with van der Waals surface area (Å²) in [5.74, 6) is -0.521. The number of aryl methyl sites for hydroxylation is 1. The van der Waals surface area contributed by atoms with E-state index in [0.717, 1.165) is 0 Å². The number of anilines is 1. The number of rotatable bonds is 3. The van der Waals surface area contributed by atoms with E-state index < -0.39 is 5.82 Å². The minimum atomic E-state index is -0.521. The standard InChI is InChI=1S/C19H19FN6O/c1-13-14(2)23-26(19(27)15(13)10-21)12-24-6-8-25(9-7-24)18-5-3-4-17(20)16(18)11-22/h3-5H,6-9,12H2,1-2H3. The van der Waals surface area contributed by atoms with Crippen LogP contribution in [0.5, 0.6) is 0 Å². The highest BCUT2D eigenvalue weighted by atomic mass is 19.1. The molecule has 0 atom stereocenters. The van der Waals surface area contributed by atoms with Gasteiger partial charge in [-0.3, -0.25) is 9.69 Å². The summed E-state index contributed by atoms with van der Waals surface area (Å²) in [6.07, 6.45) is 0. The van der Waals surface area contributed by atoms with Crippen molar-refractivity contribution in [2.24, 2.45) is 0 Å². The molecule has 1 aliphatic rings. The highest BCUT2D eigenvalue weighted by Gasteiger charge is 2.22. The quantitative estimate of drug-likeness (QED) is 0.818. The van der Waals surface area contributed by atoms with E-state index in [9.17, 15) is 19.7 Å². The molecule has 0 amide bonds. The average Bonchev–Trinajstić information content (AvgIpc) is 2.67. The zero-order chi connectivity index (χ0) is 19.6. The molecule has 0 saturated carbocycles. The summed E-state index contributed by atoms with van der Waals surface area (Å²) in [4.78, 5) is 16.4. The molecule has 1 fully saturated rings. The Morgan fingerprint density at radius 2 is 1.78 bits per heavy atom. The van der Waals surface area contributed by atoms with E-state index >= 15 is 0 Å². The number of hydrogen-bond acceptors (Lipinski definition) is 6. The molecule has 27 heavy (non-hydrogen) atoms. The van der Waals surface area contributed by atoms with Gasteiger partial charge in [0, 0.05) is 26.2 Å². The van der Waals surface area contributed by atoms with Crippen LogP contribution in [0.25, 0.3) is 0 Å². The summed E-state index contributed by atoms with van der Waals surface area (Å²) >= 11 is 0. The second-order valence-electron chi connectivity index (χ2n) is 6.49. The van der Waals surface area contributed by atoms with Crippen molar-refractivity contribution in [3.8, 4) is 12.1 Å². The Labute approximate surface area is 156 Å². The van der Waals surface area contributed by atoms with Gasteiger partial charge < -0.3 is 4.90 Å². The van der Waals surface area contributed by atoms with Crippen molar-refractivity contribution in [3.05, 3.63) is 56.8 Å². The van der Waals surface area contributed by atoms with Crippen molar-refractivity contribution in [1.29, 1.82) is 10.5 Å². The van der Waals surface area contributed by atoms with Gasteiger partial charge in [-0.2, -0.15) is 15.6 Å². The predicted molar refractivity (Wildman–Crippen MR) is 97.6 cm³/mol. The fourth-order valence-corrected chi connectivity index (χ4v) is 3.21. The van der Waals surface area contributed by atoms with E-state index in [2.05, 4.69) is 5.10 Å². The molecule has 8 heteroatoms. The maximum absolute atomic E-state index is 13.8. The van der Waals surface area contributed by atoms with Gasteiger partial charge in [-0.05, 0) is 31.5 Å². The van der Waals surface area contributed by atoms with Crippen LogP contribution < -0.4 is 10.5 Å².